The van der Waals surface area contributed by atoms with Crippen LogP contribution >= 0.6 is 0 Å². The van der Waals surface area contributed by atoms with Crippen molar-refractivity contribution in [1.29, 1.82) is 0 Å². The number of benzene rings is 1. The molecule has 1 unspecified atom stereocenters. The predicted octanol–water partition coefficient (Wildman–Crippen LogP) is 3.59. The third-order valence-corrected chi connectivity index (χ3v) is 8.01. The number of piperazine rings is 1. The molecule has 34 heavy (non-hydrogen) atoms. The van der Waals surface area contributed by atoms with Crippen LogP contribution in [-0.2, 0) is 20.8 Å². The van der Waals surface area contributed by atoms with Crippen molar-refractivity contribution in [1.82, 2.24) is 9.88 Å². The molecule has 1 aromatic carbocycles. The molecule has 1 aromatic heterocycles. The molecular weight excluding hydrogens is 481 g/mol. The van der Waals surface area contributed by atoms with Crippen LogP contribution in [0.25, 0.3) is 0 Å². The maximum atomic E-state index is 14.0. The van der Waals surface area contributed by atoms with Crippen LogP contribution in [0.5, 0.6) is 0 Å². The van der Waals surface area contributed by atoms with Crippen LogP contribution in [0.1, 0.15) is 30.0 Å². The number of hydrogen-bond donors (Lipinski definition) is 0. The molecule has 1 atom stereocenters. The molecule has 2 fully saturated rings. The molecule has 0 aliphatic carbocycles. The van der Waals surface area contributed by atoms with E-state index in [1.807, 2.05) is 0 Å². The van der Waals surface area contributed by atoms with Gasteiger partial charge in [-0.2, -0.15) is 13.2 Å². The Bertz CT molecular complexity index is 1160. The van der Waals surface area contributed by atoms with Crippen molar-refractivity contribution in [3.8, 4) is 0 Å². The van der Waals surface area contributed by atoms with Crippen molar-refractivity contribution in [2.24, 2.45) is 5.92 Å². The number of carbonyl (C=O) groups is 1. The average molecular weight is 503 g/mol. The van der Waals surface area contributed by atoms with Crippen LogP contribution in [0.4, 0.5) is 27.8 Å². The summed E-state index contributed by atoms with van der Waals surface area (Å²) in [7, 11) is -3.17. The van der Waals surface area contributed by atoms with E-state index >= 15 is 0 Å². The number of hydrogen-bond acceptors (Lipinski definition) is 5. The first-order chi connectivity index (χ1) is 15.9. The van der Waals surface area contributed by atoms with E-state index in [0.717, 1.165) is 24.4 Å². The van der Waals surface area contributed by atoms with Crippen LogP contribution < -0.4 is 4.90 Å². The third-order valence-electron chi connectivity index (χ3n) is 6.29. The third kappa shape index (κ3) is 5.16. The van der Waals surface area contributed by atoms with Gasteiger partial charge in [0, 0.05) is 31.7 Å². The summed E-state index contributed by atoms with van der Waals surface area (Å²) in [5, 5.41) is 0. The van der Waals surface area contributed by atoms with Crippen LogP contribution in [0.3, 0.4) is 0 Å². The van der Waals surface area contributed by atoms with Gasteiger partial charge in [0.15, 0.2) is 11.6 Å². The number of amides is 1. The Morgan fingerprint density at radius 3 is 2.29 bits per heavy atom. The summed E-state index contributed by atoms with van der Waals surface area (Å²) in [5.41, 5.74) is -0.568. The molecule has 1 amide bonds. The highest BCUT2D eigenvalue weighted by molar-refractivity contribution is 7.91. The van der Waals surface area contributed by atoms with E-state index in [1.54, 1.807) is 4.90 Å². The second-order valence-electron chi connectivity index (χ2n) is 8.50. The molecular formula is C22H22F5N3O3S. The second-order valence-corrected chi connectivity index (χ2v) is 10.8. The summed E-state index contributed by atoms with van der Waals surface area (Å²) in [6.45, 7) is 0.518. The van der Waals surface area contributed by atoms with Crippen LogP contribution in [-0.4, -0.2) is 55.3 Å². The fourth-order valence-electron chi connectivity index (χ4n) is 4.37. The molecule has 4 rings (SSSR count). The van der Waals surface area contributed by atoms with Crippen molar-refractivity contribution in [2.75, 3.05) is 36.0 Å². The Labute approximate surface area is 193 Å². The summed E-state index contributed by atoms with van der Waals surface area (Å²) in [6, 6.07) is 4.73. The van der Waals surface area contributed by atoms with Gasteiger partial charge in [-0.15, -0.1) is 0 Å². The van der Waals surface area contributed by atoms with Gasteiger partial charge in [-0.05, 0) is 42.7 Å². The number of aromatic nitrogens is 1. The average Bonchev–Trinajstić information content (AvgIpc) is 2.79. The van der Waals surface area contributed by atoms with E-state index in [1.165, 1.54) is 17.0 Å². The molecule has 184 valence electrons. The first kappa shape index (κ1) is 24.4. The minimum absolute atomic E-state index is 0.0886. The predicted molar refractivity (Wildman–Crippen MR) is 114 cm³/mol. The Morgan fingerprint density at radius 2 is 1.71 bits per heavy atom. The first-order valence-electron chi connectivity index (χ1n) is 10.7. The smallest absolute Gasteiger partial charge is 0.352 e. The molecule has 2 saturated heterocycles. The molecule has 0 N–H and O–H groups in total. The van der Waals surface area contributed by atoms with Gasteiger partial charge in [0.2, 0.25) is 5.91 Å². The highest BCUT2D eigenvalue weighted by Gasteiger charge is 2.38. The number of nitrogens with zero attached hydrogens (tertiary/aromatic N) is 3. The van der Waals surface area contributed by atoms with Gasteiger partial charge in [0.1, 0.15) is 15.7 Å². The maximum absolute atomic E-state index is 14.0. The highest BCUT2D eigenvalue weighted by atomic mass is 32.2. The Kier molecular flexibility index (Phi) is 6.54. The number of alkyl halides is 3. The van der Waals surface area contributed by atoms with E-state index in [9.17, 15) is 35.2 Å². The van der Waals surface area contributed by atoms with E-state index in [4.69, 9.17) is 0 Å². The summed E-state index contributed by atoms with van der Waals surface area (Å²) in [6.07, 6.45) is -3.43. The van der Waals surface area contributed by atoms with Gasteiger partial charge in [-0.25, -0.2) is 22.2 Å². The Hall–Kier alpha value is -2.76. The lowest BCUT2D eigenvalue weighted by Crippen LogP contribution is -2.53. The molecule has 2 aliphatic rings. The molecule has 0 saturated carbocycles. The standard InChI is InChI=1S/C22H22F5N3O3S/c23-17-3-1-15(11-18(17)24)19-13-29(20-4-2-16(12-28-20)22(25,26)27)7-8-30(19)21(31)14-5-9-34(32,33)10-6-14/h1-4,11-12,14,19H,5-10,13H2. The minimum atomic E-state index is -4.53. The van der Waals surface area contributed by atoms with Crippen LogP contribution in [0.15, 0.2) is 36.5 Å². The van der Waals surface area contributed by atoms with Crippen LogP contribution in [0.2, 0.25) is 0 Å². The quantitative estimate of drug-likeness (QED) is 0.599. The largest absolute Gasteiger partial charge is 0.417 e. The van der Waals surface area contributed by atoms with Crippen molar-refractivity contribution in [3.05, 3.63) is 59.3 Å². The van der Waals surface area contributed by atoms with Crippen LogP contribution in [0, 0.1) is 17.6 Å². The zero-order valence-corrected chi connectivity index (χ0v) is 18.7. The molecule has 2 aromatic rings. The summed E-state index contributed by atoms with van der Waals surface area (Å²) >= 11 is 0. The number of anilines is 1. The summed E-state index contributed by atoms with van der Waals surface area (Å²) in [4.78, 5) is 20.4. The number of rotatable bonds is 3. The maximum Gasteiger partial charge on any atom is 0.417 e. The molecule has 6 nitrogen and oxygen atoms in total. The van der Waals surface area contributed by atoms with E-state index in [2.05, 4.69) is 4.98 Å². The molecule has 12 heteroatoms. The first-order valence-corrected chi connectivity index (χ1v) is 12.5. The topological polar surface area (TPSA) is 70.6 Å². The van der Waals surface area contributed by atoms with Gasteiger partial charge in [0.05, 0.1) is 23.1 Å². The zero-order chi connectivity index (χ0) is 24.7. The molecule has 0 radical (unpaired) electrons. The number of halogens is 5. The molecule has 0 bridgehead atoms. The molecule has 0 spiro atoms. The van der Waals surface area contributed by atoms with E-state index < -0.39 is 45.2 Å². The number of pyridine rings is 1. The van der Waals surface area contributed by atoms with Gasteiger partial charge in [-0.1, -0.05) is 6.07 Å². The van der Waals surface area contributed by atoms with Crippen molar-refractivity contribution >= 4 is 21.6 Å². The van der Waals surface area contributed by atoms with Gasteiger partial charge >= 0.3 is 6.18 Å². The number of sulfone groups is 1. The van der Waals surface area contributed by atoms with Crippen molar-refractivity contribution in [3.63, 3.8) is 0 Å². The van der Waals surface area contributed by atoms with Gasteiger partial charge in [0.25, 0.3) is 0 Å². The molecule has 2 aliphatic heterocycles. The van der Waals surface area contributed by atoms with E-state index in [-0.39, 0.29) is 55.7 Å². The normalized spacial score (nSPS) is 21.5. The fraction of sp³-hybridized carbons (Fsp3) is 0.455. The second kappa shape index (κ2) is 9.12. The lowest BCUT2D eigenvalue weighted by atomic mass is 9.96. The van der Waals surface area contributed by atoms with Crippen molar-refractivity contribution in [2.45, 2.75) is 25.1 Å². The van der Waals surface area contributed by atoms with E-state index in [0.29, 0.717) is 5.56 Å². The monoisotopic (exact) mass is 503 g/mol. The Balaban J connectivity index is 1.60. The SMILES string of the molecule is O=C(C1CCS(=O)(=O)CC1)N1CCN(c2ccc(C(F)(F)F)cn2)CC1c1ccc(F)c(F)c1. The zero-order valence-electron chi connectivity index (χ0n) is 17.9. The fourth-order valence-corrected chi connectivity index (χ4v) is 5.86. The lowest BCUT2D eigenvalue weighted by molar-refractivity contribution is -0.139. The summed E-state index contributed by atoms with van der Waals surface area (Å²) < 4.78 is 89.7. The number of carbonyl (C=O) groups excluding carboxylic acids is 1. The van der Waals surface area contributed by atoms with Gasteiger partial charge in [-0.3, -0.25) is 4.79 Å². The van der Waals surface area contributed by atoms with Crippen molar-refractivity contribution < 1.29 is 35.2 Å². The minimum Gasteiger partial charge on any atom is -0.352 e. The lowest BCUT2D eigenvalue weighted by Gasteiger charge is -2.43. The summed E-state index contributed by atoms with van der Waals surface area (Å²) in [5.74, 6) is -2.83. The molecule has 3 heterocycles. The highest BCUT2D eigenvalue weighted by Crippen LogP contribution is 2.34. The Morgan fingerprint density at radius 1 is 1.00 bits per heavy atom. The van der Waals surface area contributed by atoms with Gasteiger partial charge < -0.3 is 9.80 Å².